The van der Waals surface area contributed by atoms with Crippen molar-refractivity contribution in [1.29, 1.82) is 0 Å². The van der Waals surface area contributed by atoms with Crippen LogP contribution in [0.5, 0.6) is 5.75 Å². The van der Waals surface area contributed by atoms with Crippen molar-refractivity contribution in [2.45, 2.75) is 45.3 Å². The number of hydrogen-bond donors (Lipinski definition) is 2. The highest BCUT2D eigenvalue weighted by Crippen LogP contribution is 2.27. The van der Waals surface area contributed by atoms with Gasteiger partial charge in [0.25, 0.3) is 0 Å². The number of halogens is 2. The molecule has 0 bridgehead atoms. The standard InChI is InChI=1S/C18H24F2N2O4.C6H6O/c1-11-9-22(10-12(2)26-11)13-4-5-15(14(8-13)18(24)25-3)21-17(23)7-6-16(19)20;7-6-4-2-1-3-5-6/h4-5,8,11-12,16H,6-7,9-10H2,1-3H3,(H,21,23);1-5,7H/t11-,12?;/m0./s1. The summed E-state index contributed by atoms with van der Waals surface area (Å²) in [6, 6.07) is 13.7. The molecule has 1 aliphatic rings. The molecule has 7 nitrogen and oxygen atoms in total. The van der Waals surface area contributed by atoms with Crippen LogP contribution in [0.2, 0.25) is 0 Å². The van der Waals surface area contributed by atoms with Crippen LogP contribution in [0.3, 0.4) is 0 Å². The number of carbonyl (C=O) groups excluding carboxylic acids is 2. The Balaban J connectivity index is 0.000000468. The highest BCUT2D eigenvalue weighted by Gasteiger charge is 2.24. The van der Waals surface area contributed by atoms with Crippen LogP contribution in [0.4, 0.5) is 20.2 Å². The highest BCUT2D eigenvalue weighted by atomic mass is 19.3. The monoisotopic (exact) mass is 464 g/mol. The van der Waals surface area contributed by atoms with E-state index in [-0.39, 0.29) is 29.9 Å². The zero-order chi connectivity index (χ0) is 24.4. The fourth-order valence-corrected chi connectivity index (χ4v) is 3.39. The zero-order valence-corrected chi connectivity index (χ0v) is 19.0. The first kappa shape index (κ1) is 26.1. The van der Waals surface area contributed by atoms with Gasteiger partial charge in [0.05, 0.1) is 30.6 Å². The Morgan fingerprint density at radius 2 is 1.79 bits per heavy atom. The first-order chi connectivity index (χ1) is 15.7. The fourth-order valence-electron chi connectivity index (χ4n) is 3.39. The minimum Gasteiger partial charge on any atom is -0.508 e. The molecule has 180 valence electrons. The Morgan fingerprint density at radius 1 is 1.15 bits per heavy atom. The predicted molar refractivity (Wildman–Crippen MR) is 122 cm³/mol. The van der Waals surface area contributed by atoms with Crippen LogP contribution < -0.4 is 10.2 Å². The number of alkyl halides is 2. The molecule has 1 saturated heterocycles. The molecule has 3 rings (SSSR count). The molecule has 0 spiro atoms. The van der Waals surface area contributed by atoms with Gasteiger partial charge in [0.15, 0.2) is 0 Å². The maximum Gasteiger partial charge on any atom is 0.340 e. The van der Waals surface area contributed by atoms with Crippen molar-refractivity contribution < 1.29 is 33.0 Å². The van der Waals surface area contributed by atoms with Gasteiger partial charge in [0, 0.05) is 31.6 Å². The van der Waals surface area contributed by atoms with Crippen LogP contribution in [-0.4, -0.2) is 55.8 Å². The van der Waals surface area contributed by atoms with Crippen molar-refractivity contribution >= 4 is 23.3 Å². The number of methoxy groups -OCH3 is 1. The summed E-state index contributed by atoms with van der Waals surface area (Å²) >= 11 is 0. The average molecular weight is 465 g/mol. The Bertz CT molecular complexity index is 901. The number of benzene rings is 2. The molecule has 0 radical (unpaired) electrons. The number of phenolic OH excluding ortho intramolecular Hbond substituents is 1. The molecule has 0 saturated carbocycles. The van der Waals surface area contributed by atoms with Crippen LogP contribution in [0.15, 0.2) is 48.5 Å². The van der Waals surface area contributed by atoms with E-state index in [2.05, 4.69) is 10.2 Å². The second-order valence-corrected chi connectivity index (χ2v) is 7.70. The summed E-state index contributed by atoms with van der Waals surface area (Å²) in [5.74, 6) is -0.857. The van der Waals surface area contributed by atoms with Crippen LogP contribution in [0.1, 0.15) is 37.0 Å². The summed E-state index contributed by atoms with van der Waals surface area (Å²) in [6.07, 6.45) is -3.30. The normalized spacial score (nSPS) is 17.7. The van der Waals surface area contributed by atoms with Crippen molar-refractivity contribution in [1.82, 2.24) is 0 Å². The number of aromatic hydroxyl groups is 1. The van der Waals surface area contributed by atoms with E-state index >= 15 is 0 Å². The fraction of sp³-hybridized carbons (Fsp3) is 0.417. The SMILES string of the molecule is COC(=O)c1cc(N2CC(C)O[C@@H](C)C2)ccc1NC(=O)CCC(F)F.Oc1ccccc1. The molecule has 1 unspecified atom stereocenters. The molecule has 33 heavy (non-hydrogen) atoms. The summed E-state index contributed by atoms with van der Waals surface area (Å²) in [5.41, 5.74) is 1.23. The number of hydrogen-bond acceptors (Lipinski definition) is 6. The topological polar surface area (TPSA) is 88.1 Å². The number of esters is 1. The van der Waals surface area contributed by atoms with Crippen LogP contribution in [0, 0.1) is 0 Å². The number of ether oxygens (including phenoxy) is 2. The number of carbonyl (C=O) groups is 2. The van der Waals surface area contributed by atoms with Gasteiger partial charge in [-0.15, -0.1) is 0 Å². The van der Waals surface area contributed by atoms with Crippen molar-refractivity contribution in [2.75, 3.05) is 30.4 Å². The predicted octanol–water partition coefficient (Wildman–Crippen LogP) is 4.46. The molecular formula is C24H30F2N2O5. The van der Waals surface area contributed by atoms with E-state index in [1.165, 1.54) is 7.11 Å². The van der Waals surface area contributed by atoms with Gasteiger partial charge in [0.2, 0.25) is 12.3 Å². The van der Waals surface area contributed by atoms with E-state index in [9.17, 15) is 18.4 Å². The van der Waals surface area contributed by atoms with E-state index < -0.39 is 24.7 Å². The largest absolute Gasteiger partial charge is 0.508 e. The molecule has 1 fully saturated rings. The number of amides is 1. The third-order valence-corrected chi connectivity index (χ3v) is 4.81. The molecule has 1 aliphatic heterocycles. The number of anilines is 2. The summed E-state index contributed by atoms with van der Waals surface area (Å²) in [4.78, 5) is 26.0. The average Bonchev–Trinajstić information content (AvgIpc) is 2.77. The molecule has 0 aliphatic carbocycles. The Kier molecular flexibility index (Phi) is 10.1. The lowest BCUT2D eigenvalue weighted by Crippen LogP contribution is -2.45. The molecule has 0 aromatic heterocycles. The van der Waals surface area contributed by atoms with Gasteiger partial charge in [-0.2, -0.15) is 0 Å². The molecule has 2 aromatic rings. The Labute approximate surface area is 192 Å². The van der Waals surface area contributed by atoms with Gasteiger partial charge in [-0.05, 0) is 44.2 Å². The van der Waals surface area contributed by atoms with Gasteiger partial charge in [-0.1, -0.05) is 18.2 Å². The van der Waals surface area contributed by atoms with E-state index in [4.69, 9.17) is 14.6 Å². The summed E-state index contributed by atoms with van der Waals surface area (Å²) in [6.45, 7) is 5.29. The maximum absolute atomic E-state index is 12.2. The lowest BCUT2D eigenvalue weighted by atomic mass is 10.1. The lowest BCUT2D eigenvalue weighted by molar-refractivity contribution is -0.116. The van der Waals surface area contributed by atoms with Gasteiger partial charge in [-0.25, -0.2) is 13.6 Å². The highest BCUT2D eigenvalue weighted by molar-refractivity contribution is 6.02. The summed E-state index contributed by atoms with van der Waals surface area (Å²) in [7, 11) is 1.25. The van der Waals surface area contributed by atoms with Crippen LogP contribution >= 0.6 is 0 Å². The molecule has 2 N–H and O–H groups in total. The molecule has 1 heterocycles. The minimum atomic E-state index is -2.55. The molecule has 1 amide bonds. The maximum atomic E-state index is 12.2. The molecule has 9 heteroatoms. The van der Waals surface area contributed by atoms with Crippen molar-refractivity contribution in [3.05, 3.63) is 54.1 Å². The number of phenols is 1. The second-order valence-electron chi connectivity index (χ2n) is 7.70. The Morgan fingerprint density at radius 3 is 2.30 bits per heavy atom. The van der Waals surface area contributed by atoms with Gasteiger partial charge in [-0.3, -0.25) is 4.79 Å². The number of nitrogens with one attached hydrogen (secondary N) is 1. The summed E-state index contributed by atoms with van der Waals surface area (Å²) in [5, 5.41) is 11.1. The molecule has 2 aromatic carbocycles. The minimum absolute atomic E-state index is 0.0500. The van der Waals surface area contributed by atoms with Gasteiger partial charge in [0.1, 0.15) is 5.75 Å². The van der Waals surface area contributed by atoms with Crippen molar-refractivity contribution in [2.24, 2.45) is 0 Å². The number of para-hydroxylation sites is 1. The van der Waals surface area contributed by atoms with E-state index in [0.29, 0.717) is 18.8 Å². The number of rotatable bonds is 6. The summed E-state index contributed by atoms with van der Waals surface area (Å²) < 4.78 is 35.0. The molecule has 2 atom stereocenters. The van der Waals surface area contributed by atoms with E-state index in [1.807, 2.05) is 19.9 Å². The van der Waals surface area contributed by atoms with Crippen LogP contribution in [-0.2, 0) is 14.3 Å². The lowest BCUT2D eigenvalue weighted by Gasteiger charge is -2.37. The second kappa shape index (κ2) is 12.7. The first-order valence-corrected chi connectivity index (χ1v) is 10.6. The van der Waals surface area contributed by atoms with Gasteiger partial charge >= 0.3 is 5.97 Å². The van der Waals surface area contributed by atoms with Crippen molar-refractivity contribution in [3.8, 4) is 5.75 Å². The Hall–Kier alpha value is -3.20. The van der Waals surface area contributed by atoms with Crippen molar-refractivity contribution in [3.63, 3.8) is 0 Å². The third kappa shape index (κ3) is 8.69. The molecular weight excluding hydrogens is 434 g/mol. The van der Waals surface area contributed by atoms with E-state index in [1.54, 1.807) is 42.5 Å². The first-order valence-electron chi connectivity index (χ1n) is 10.6. The van der Waals surface area contributed by atoms with E-state index in [0.717, 1.165) is 5.69 Å². The quantitative estimate of drug-likeness (QED) is 0.614. The van der Waals surface area contributed by atoms with Crippen LogP contribution in [0.25, 0.3) is 0 Å². The smallest absolute Gasteiger partial charge is 0.340 e. The van der Waals surface area contributed by atoms with Gasteiger partial charge < -0.3 is 24.8 Å². The third-order valence-electron chi connectivity index (χ3n) is 4.81. The number of morpholine rings is 1. The number of nitrogens with zero attached hydrogens (tertiary/aromatic N) is 1. The zero-order valence-electron chi connectivity index (χ0n) is 19.0.